The standard InChI is InChI=1S/C19H26N2O2/c1-14(2)18-13-22-11-9-21(18)10-12-23-19-8-7-17(20)15-5-3-4-6-16(15)19/h3-8,14,18H,9-13,20H2,1-2H3. The molecule has 4 heteroatoms. The minimum absolute atomic E-state index is 0.482. The first kappa shape index (κ1) is 16.1. The average molecular weight is 314 g/mol. The van der Waals surface area contributed by atoms with Gasteiger partial charge in [-0.25, -0.2) is 0 Å². The second kappa shape index (κ2) is 7.20. The lowest BCUT2D eigenvalue weighted by atomic mass is 10.0. The fourth-order valence-corrected chi connectivity index (χ4v) is 3.24. The highest BCUT2D eigenvalue weighted by Crippen LogP contribution is 2.29. The average Bonchev–Trinajstić information content (AvgIpc) is 2.57. The second-order valence-electron chi connectivity index (χ2n) is 6.47. The minimum Gasteiger partial charge on any atom is -0.492 e. The van der Waals surface area contributed by atoms with Crippen molar-refractivity contribution in [3.05, 3.63) is 36.4 Å². The highest BCUT2D eigenvalue weighted by Gasteiger charge is 2.25. The predicted molar refractivity (Wildman–Crippen MR) is 94.9 cm³/mol. The van der Waals surface area contributed by atoms with Crippen LogP contribution in [0.2, 0.25) is 0 Å². The molecule has 0 aliphatic carbocycles. The molecule has 2 aromatic carbocycles. The zero-order chi connectivity index (χ0) is 16.2. The number of nitrogens with zero attached hydrogens (tertiary/aromatic N) is 1. The molecular weight excluding hydrogens is 288 g/mol. The van der Waals surface area contributed by atoms with Crippen molar-refractivity contribution in [2.24, 2.45) is 5.92 Å². The summed E-state index contributed by atoms with van der Waals surface area (Å²) in [6.45, 7) is 8.72. The van der Waals surface area contributed by atoms with E-state index in [1.807, 2.05) is 30.3 Å². The van der Waals surface area contributed by atoms with Crippen LogP contribution in [0.4, 0.5) is 5.69 Å². The highest BCUT2D eigenvalue weighted by molar-refractivity contribution is 5.96. The van der Waals surface area contributed by atoms with E-state index in [9.17, 15) is 0 Å². The Bertz CT molecular complexity index is 657. The molecule has 23 heavy (non-hydrogen) atoms. The van der Waals surface area contributed by atoms with Crippen molar-refractivity contribution in [3.8, 4) is 5.75 Å². The van der Waals surface area contributed by atoms with E-state index in [0.29, 0.717) is 18.6 Å². The van der Waals surface area contributed by atoms with Crippen LogP contribution in [0.1, 0.15) is 13.8 Å². The zero-order valence-electron chi connectivity index (χ0n) is 14.0. The van der Waals surface area contributed by atoms with Crippen molar-refractivity contribution < 1.29 is 9.47 Å². The Hall–Kier alpha value is -1.78. The molecular formula is C19H26N2O2. The topological polar surface area (TPSA) is 47.7 Å². The van der Waals surface area contributed by atoms with Crippen molar-refractivity contribution >= 4 is 16.5 Å². The van der Waals surface area contributed by atoms with Crippen LogP contribution in [0.5, 0.6) is 5.75 Å². The molecule has 1 fully saturated rings. The molecule has 0 amide bonds. The van der Waals surface area contributed by atoms with Crippen molar-refractivity contribution in [3.63, 3.8) is 0 Å². The molecule has 1 aliphatic rings. The molecule has 1 aliphatic heterocycles. The Balaban J connectivity index is 1.66. The molecule has 1 atom stereocenters. The van der Waals surface area contributed by atoms with Gasteiger partial charge in [-0.2, -0.15) is 0 Å². The van der Waals surface area contributed by atoms with E-state index in [4.69, 9.17) is 15.2 Å². The number of benzene rings is 2. The number of anilines is 1. The minimum atomic E-state index is 0.482. The Kier molecular flexibility index (Phi) is 5.03. The first-order valence-electron chi connectivity index (χ1n) is 8.38. The number of hydrogen-bond donors (Lipinski definition) is 1. The van der Waals surface area contributed by atoms with Gasteiger partial charge in [-0.15, -0.1) is 0 Å². The summed E-state index contributed by atoms with van der Waals surface area (Å²) in [5.74, 6) is 1.50. The summed E-state index contributed by atoms with van der Waals surface area (Å²) in [5, 5.41) is 2.13. The van der Waals surface area contributed by atoms with Gasteiger partial charge in [0.1, 0.15) is 12.4 Å². The lowest BCUT2D eigenvalue weighted by Gasteiger charge is -2.37. The lowest BCUT2D eigenvalue weighted by molar-refractivity contribution is -0.0285. The highest BCUT2D eigenvalue weighted by atomic mass is 16.5. The van der Waals surface area contributed by atoms with Gasteiger partial charge in [0.2, 0.25) is 0 Å². The van der Waals surface area contributed by atoms with E-state index in [-0.39, 0.29) is 0 Å². The molecule has 0 spiro atoms. The number of nitrogen functional groups attached to an aromatic ring is 1. The first-order valence-corrected chi connectivity index (χ1v) is 8.38. The molecule has 0 radical (unpaired) electrons. The van der Waals surface area contributed by atoms with E-state index in [1.165, 1.54) is 0 Å². The fraction of sp³-hybridized carbons (Fsp3) is 0.474. The third-order valence-corrected chi connectivity index (χ3v) is 4.60. The number of morpholine rings is 1. The summed E-state index contributed by atoms with van der Waals surface area (Å²) in [5.41, 5.74) is 6.84. The van der Waals surface area contributed by atoms with Crippen LogP contribution in [0.3, 0.4) is 0 Å². The molecule has 1 unspecified atom stereocenters. The zero-order valence-corrected chi connectivity index (χ0v) is 14.0. The van der Waals surface area contributed by atoms with Gasteiger partial charge in [0.15, 0.2) is 0 Å². The summed E-state index contributed by atoms with van der Waals surface area (Å²) in [7, 11) is 0. The monoisotopic (exact) mass is 314 g/mol. The number of fused-ring (bicyclic) bond motifs is 1. The van der Waals surface area contributed by atoms with E-state index >= 15 is 0 Å². The Morgan fingerprint density at radius 3 is 2.78 bits per heavy atom. The molecule has 1 heterocycles. The van der Waals surface area contributed by atoms with Crippen LogP contribution in [0.15, 0.2) is 36.4 Å². The second-order valence-corrected chi connectivity index (χ2v) is 6.47. The molecule has 0 bridgehead atoms. The van der Waals surface area contributed by atoms with Crippen LogP contribution in [-0.4, -0.2) is 43.9 Å². The van der Waals surface area contributed by atoms with Gasteiger partial charge in [0.25, 0.3) is 0 Å². The molecule has 4 nitrogen and oxygen atoms in total. The number of ether oxygens (including phenoxy) is 2. The summed E-state index contributed by atoms with van der Waals surface area (Å²) >= 11 is 0. The van der Waals surface area contributed by atoms with Gasteiger partial charge < -0.3 is 15.2 Å². The third-order valence-electron chi connectivity index (χ3n) is 4.60. The molecule has 2 N–H and O–H groups in total. The SMILES string of the molecule is CC(C)C1COCCN1CCOc1ccc(N)c2ccccc12. The molecule has 124 valence electrons. The van der Waals surface area contributed by atoms with Crippen LogP contribution in [0, 0.1) is 5.92 Å². The summed E-state index contributed by atoms with van der Waals surface area (Å²) in [6, 6.07) is 12.5. The molecule has 1 saturated heterocycles. The van der Waals surface area contributed by atoms with Crippen molar-refractivity contribution in [2.75, 3.05) is 38.6 Å². The Morgan fingerprint density at radius 2 is 2.00 bits per heavy atom. The maximum atomic E-state index is 6.07. The predicted octanol–water partition coefficient (Wildman–Crippen LogP) is 3.16. The molecule has 2 aromatic rings. The van der Waals surface area contributed by atoms with E-state index in [2.05, 4.69) is 24.8 Å². The van der Waals surface area contributed by atoms with Crippen molar-refractivity contribution in [2.45, 2.75) is 19.9 Å². The molecule has 3 rings (SSSR count). The van der Waals surface area contributed by atoms with Crippen LogP contribution in [0.25, 0.3) is 10.8 Å². The van der Waals surface area contributed by atoms with Gasteiger partial charge in [-0.3, -0.25) is 4.90 Å². The smallest absolute Gasteiger partial charge is 0.127 e. The summed E-state index contributed by atoms with van der Waals surface area (Å²) in [4.78, 5) is 2.48. The van der Waals surface area contributed by atoms with E-state index in [0.717, 1.165) is 48.5 Å². The van der Waals surface area contributed by atoms with Crippen LogP contribution < -0.4 is 10.5 Å². The van der Waals surface area contributed by atoms with Crippen LogP contribution >= 0.6 is 0 Å². The fourth-order valence-electron chi connectivity index (χ4n) is 3.24. The quantitative estimate of drug-likeness (QED) is 0.861. The summed E-state index contributed by atoms with van der Waals surface area (Å²) in [6.07, 6.45) is 0. The van der Waals surface area contributed by atoms with Gasteiger partial charge in [-0.05, 0) is 18.1 Å². The Labute approximate surface area is 138 Å². The van der Waals surface area contributed by atoms with E-state index in [1.54, 1.807) is 0 Å². The third kappa shape index (κ3) is 3.59. The first-order chi connectivity index (χ1) is 11.2. The maximum absolute atomic E-state index is 6.07. The normalized spacial score (nSPS) is 19.3. The molecule has 0 aromatic heterocycles. The van der Waals surface area contributed by atoms with Crippen molar-refractivity contribution in [1.82, 2.24) is 4.90 Å². The number of hydrogen-bond acceptors (Lipinski definition) is 4. The number of rotatable bonds is 5. The largest absolute Gasteiger partial charge is 0.492 e. The molecule has 0 saturated carbocycles. The van der Waals surface area contributed by atoms with Crippen molar-refractivity contribution in [1.29, 1.82) is 0 Å². The number of nitrogens with two attached hydrogens (primary N) is 1. The maximum Gasteiger partial charge on any atom is 0.127 e. The van der Waals surface area contributed by atoms with Gasteiger partial charge in [0, 0.05) is 35.6 Å². The van der Waals surface area contributed by atoms with E-state index < -0.39 is 0 Å². The van der Waals surface area contributed by atoms with Gasteiger partial charge in [-0.1, -0.05) is 38.1 Å². The Morgan fingerprint density at radius 1 is 1.22 bits per heavy atom. The summed E-state index contributed by atoms with van der Waals surface area (Å²) < 4.78 is 11.7. The van der Waals surface area contributed by atoms with Crippen LogP contribution in [-0.2, 0) is 4.74 Å². The van der Waals surface area contributed by atoms with Gasteiger partial charge >= 0.3 is 0 Å². The van der Waals surface area contributed by atoms with Gasteiger partial charge in [0.05, 0.1) is 13.2 Å². The lowest BCUT2D eigenvalue weighted by Crippen LogP contribution is -2.49.